The van der Waals surface area contributed by atoms with E-state index in [1.165, 1.54) is 6.20 Å². The zero-order chi connectivity index (χ0) is 18.4. The van der Waals surface area contributed by atoms with Gasteiger partial charge in [0.25, 0.3) is 0 Å². The van der Waals surface area contributed by atoms with Crippen LogP contribution in [0.1, 0.15) is 26.4 Å². The van der Waals surface area contributed by atoms with E-state index in [0.29, 0.717) is 12.1 Å². The van der Waals surface area contributed by atoms with Gasteiger partial charge in [-0.1, -0.05) is 47.7 Å². The molecule has 0 aliphatic carbocycles. The smallest absolute Gasteiger partial charge is 0.360 e. The van der Waals surface area contributed by atoms with Crippen molar-refractivity contribution in [2.24, 2.45) is 0 Å². The number of carbonyl (C=O) groups excluding carboxylic acids is 2. The Labute approximate surface area is 155 Å². The summed E-state index contributed by atoms with van der Waals surface area (Å²) in [6.45, 7) is 0.171. The summed E-state index contributed by atoms with van der Waals surface area (Å²) in [5.41, 5.74) is 1.62. The number of esters is 1. The molecule has 0 aliphatic heterocycles. The van der Waals surface area contributed by atoms with E-state index in [1.54, 1.807) is 28.6 Å². The van der Waals surface area contributed by atoms with Crippen molar-refractivity contribution in [2.45, 2.75) is 11.4 Å². The van der Waals surface area contributed by atoms with E-state index in [9.17, 15) is 9.59 Å². The molecule has 6 nitrogen and oxygen atoms in total. The van der Waals surface area contributed by atoms with Crippen LogP contribution in [0.4, 0.5) is 0 Å². The summed E-state index contributed by atoms with van der Waals surface area (Å²) in [7, 11) is 0. The van der Waals surface area contributed by atoms with Gasteiger partial charge in [-0.25, -0.2) is 9.48 Å². The maximum absolute atomic E-state index is 12.1. The molecule has 2 aromatic carbocycles. The number of aromatic nitrogens is 3. The molecule has 0 atom stereocenters. The summed E-state index contributed by atoms with van der Waals surface area (Å²) in [5.74, 6) is -0.930. The summed E-state index contributed by atoms with van der Waals surface area (Å²) in [4.78, 5) is 25.2. The predicted molar refractivity (Wildman–Crippen MR) is 98.4 cm³/mol. The van der Waals surface area contributed by atoms with Crippen molar-refractivity contribution < 1.29 is 14.3 Å². The molecule has 1 aromatic heterocycles. The van der Waals surface area contributed by atoms with E-state index >= 15 is 0 Å². The SMILES string of the molecule is CSc1ccc(C(=O)COC(=O)c2cn(Cc3ccccc3)nn2)cc1. The summed E-state index contributed by atoms with van der Waals surface area (Å²) >= 11 is 1.59. The number of hydrogen-bond acceptors (Lipinski definition) is 6. The quantitative estimate of drug-likeness (QED) is 0.363. The van der Waals surface area contributed by atoms with Gasteiger partial charge in [-0.2, -0.15) is 0 Å². The summed E-state index contributed by atoms with van der Waals surface area (Å²) < 4.78 is 6.61. The number of ketones is 1. The van der Waals surface area contributed by atoms with Crippen molar-refractivity contribution in [1.82, 2.24) is 15.0 Å². The van der Waals surface area contributed by atoms with E-state index in [2.05, 4.69) is 10.3 Å². The van der Waals surface area contributed by atoms with Crippen molar-refractivity contribution in [3.8, 4) is 0 Å². The van der Waals surface area contributed by atoms with Crippen molar-refractivity contribution in [3.63, 3.8) is 0 Å². The third-order valence-corrected chi connectivity index (χ3v) is 4.43. The Kier molecular flexibility index (Phi) is 5.80. The fourth-order valence-corrected chi connectivity index (χ4v) is 2.71. The Morgan fingerprint density at radius 2 is 1.81 bits per heavy atom. The van der Waals surface area contributed by atoms with Gasteiger partial charge < -0.3 is 4.74 Å². The molecule has 1 heterocycles. The molecule has 3 rings (SSSR count). The van der Waals surface area contributed by atoms with Crippen LogP contribution in [-0.2, 0) is 11.3 Å². The van der Waals surface area contributed by atoms with Crippen LogP contribution in [-0.4, -0.2) is 39.6 Å². The molecule has 26 heavy (non-hydrogen) atoms. The number of benzene rings is 2. The van der Waals surface area contributed by atoms with Crippen LogP contribution in [0.25, 0.3) is 0 Å². The van der Waals surface area contributed by atoms with E-state index in [0.717, 1.165) is 10.5 Å². The lowest BCUT2D eigenvalue weighted by Crippen LogP contribution is -2.14. The van der Waals surface area contributed by atoms with Gasteiger partial charge >= 0.3 is 5.97 Å². The van der Waals surface area contributed by atoms with Gasteiger partial charge in [-0.3, -0.25) is 4.79 Å². The van der Waals surface area contributed by atoms with Crippen LogP contribution < -0.4 is 0 Å². The fraction of sp³-hybridized carbons (Fsp3) is 0.158. The maximum Gasteiger partial charge on any atom is 0.360 e. The van der Waals surface area contributed by atoms with Crippen LogP contribution >= 0.6 is 11.8 Å². The summed E-state index contributed by atoms with van der Waals surface area (Å²) in [6.07, 6.45) is 3.47. The monoisotopic (exact) mass is 367 g/mol. The first-order chi connectivity index (χ1) is 12.7. The minimum Gasteiger partial charge on any atom is -0.452 e. The van der Waals surface area contributed by atoms with Crippen molar-refractivity contribution in [1.29, 1.82) is 0 Å². The topological polar surface area (TPSA) is 74.1 Å². The van der Waals surface area contributed by atoms with Crippen molar-refractivity contribution in [3.05, 3.63) is 77.6 Å². The Hall–Kier alpha value is -2.93. The highest BCUT2D eigenvalue weighted by molar-refractivity contribution is 7.98. The molecule has 7 heteroatoms. The third kappa shape index (κ3) is 4.58. The molecule has 0 unspecified atom stereocenters. The highest BCUT2D eigenvalue weighted by Gasteiger charge is 2.15. The van der Waals surface area contributed by atoms with Gasteiger partial charge in [-0.05, 0) is 24.0 Å². The zero-order valence-electron chi connectivity index (χ0n) is 14.2. The van der Waals surface area contributed by atoms with Crippen LogP contribution in [0.3, 0.4) is 0 Å². The Morgan fingerprint density at radius 3 is 2.50 bits per heavy atom. The second-order valence-corrected chi connectivity index (χ2v) is 6.39. The number of nitrogens with zero attached hydrogens (tertiary/aromatic N) is 3. The number of ether oxygens (including phenoxy) is 1. The second-order valence-electron chi connectivity index (χ2n) is 5.51. The van der Waals surface area contributed by atoms with Crippen LogP contribution in [0.5, 0.6) is 0 Å². The molecule has 3 aromatic rings. The standard InChI is InChI=1S/C19H17N3O3S/c1-26-16-9-7-15(8-10-16)18(23)13-25-19(24)17-12-22(21-20-17)11-14-5-3-2-4-6-14/h2-10,12H,11,13H2,1H3. The normalized spacial score (nSPS) is 10.5. The number of carbonyl (C=O) groups is 2. The molecule has 0 fully saturated rings. The van der Waals surface area contributed by atoms with Crippen molar-refractivity contribution in [2.75, 3.05) is 12.9 Å². The molecular weight excluding hydrogens is 350 g/mol. The molecule has 132 valence electrons. The molecule has 0 saturated carbocycles. The van der Waals surface area contributed by atoms with Crippen molar-refractivity contribution >= 4 is 23.5 Å². The predicted octanol–water partition coefficient (Wildman–Crippen LogP) is 3.09. The number of hydrogen-bond donors (Lipinski definition) is 0. The molecule has 0 N–H and O–H groups in total. The van der Waals surface area contributed by atoms with Crippen LogP contribution in [0.2, 0.25) is 0 Å². The van der Waals surface area contributed by atoms with Gasteiger partial charge in [-0.15, -0.1) is 16.9 Å². The molecule has 0 bridgehead atoms. The first kappa shape index (κ1) is 17.9. The lowest BCUT2D eigenvalue weighted by Gasteiger charge is -2.03. The van der Waals surface area contributed by atoms with E-state index in [4.69, 9.17) is 4.74 Å². The largest absolute Gasteiger partial charge is 0.452 e. The minimum atomic E-state index is -0.668. The van der Waals surface area contributed by atoms with E-state index in [1.807, 2.05) is 48.7 Å². The second kappa shape index (κ2) is 8.44. The molecule has 0 saturated heterocycles. The summed E-state index contributed by atoms with van der Waals surface area (Å²) in [6, 6.07) is 16.9. The first-order valence-electron chi connectivity index (χ1n) is 7.94. The van der Waals surface area contributed by atoms with E-state index in [-0.39, 0.29) is 18.1 Å². The van der Waals surface area contributed by atoms with Crippen LogP contribution in [0, 0.1) is 0 Å². The van der Waals surface area contributed by atoms with Crippen LogP contribution in [0.15, 0.2) is 65.7 Å². The van der Waals surface area contributed by atoms with Gasteiger partial charge in [0.05, 0.1) is 12.7 Å². The maximum atomic E-state index is 12.1. The first-order valence-corrected chi connectivity index (χ1v) is 9.16. The molecule has 0 spiro atoms. The summed E-state index contributed by atoms with van der Waals surface area (Å²) in [5, 5.41) is 7.73. The highest BCUT2D eigenvalue weighted by Crippen LogP contribution is 2.15. The zero-order valence-corrected chi connectivity index (χ0v) is 15.0. The third-order valence-electron chi connectivity index (χ3n) is 3.68. The van der Waals surface area contributed by atoms with Gasteiger partial charge in [0.2, 0.25) is 0 Å². The fourth-order valence-electron chi connectivity index (χ4n) is 2.30. The Balaban J connectivity index is 1.55. The minimum absolute atomic E-state index is 0.0754. The average molecular weight is 367 g/mol. The lowest BCUT2D eigenvalue weighted by atomic mass is 10.1. The molecule has 0 aliphatic rings. The van der Waals surface area contributed by atoms with Gasteiger partial charge in [0.15, 0.2) is 18.1 Å². The Morgan fingerprint density at radius 1 is 1.08 bits per heavy atom. The van der Waals surface area contributed by atoms with Gasteiger partial charge in [0.1, 0.15) is 0 Å². The number of thioether (sulfide) groups is 1. The number of Topliss-reactive ketones (excluding diaryl/α,β-unsaturated/α-hetero) is 1. The van der Waals surface area contributed by atoms with E-state index < -0.39 is 5.97 Å². The molecule has 0 amide bonds. The Bertz CT molecular complexity index is 892. The molecular formula is C19H17N3O3S. The number of rotatable bonds is 7. The lowest BCUT2D eigenvalue weighted by molar-refractivity contribution is 0.0469. The highest BCUT2D eigenvalue weighted by atomic mass is 32.2. The average Bonchev–Trinajstić information content (AvgIpc) is 3.15. The molecule has 0 radical (unpaired) electrons. The van der Waals surface area contributed by atoms with Gasteiger partial charge in [0, 0.05) is 10.5 Å².